The number of nitrogens with two attached hydrogens (primary N) is 1. The molecule has 0 radical (unpaired) electrons. The summed E-state index contributed by atoms with van der Waals surface area (Å²) in [5.74, 6) is -0.0301. The minimum atomic E-state index is -3.33. The number of sulfonamides is 1. The summed E-state index contributed by atoms with van der Waals surface area (Å²) in [5.41, 5.74) is 0. The SMILES string of the molecule is CCOCC(C)CS(N)(=O)=O. The van der Waals surface area contributed by atoms with E-state index in [0.29, 0.717) is 13.2 Å². The molecule has 0 saturated heterocycles. The highest BCUT2D eigenvalue weighted by Gasteiger charge is 2.10. The second kappa shape index (κ2) is 4.69. The van der Waals surface area contributed by atoms with Crippen molar-refractivity contribution < 1.29 is 13.2 Å². The normalized spacial score (nSPS) is 14.8. The third-order valence-corrected chi connectivity index (χ3v) is 2.16. The Morgan fingerprint density at radius 1 is 1.55 bits per heavy atom. The van der Waals surface area contributed by atoms with E-state index < -0.39 is 10.0 Å². The van der Waals surface area contributed by atoms with Crippen molar-refractivity contribution >= 4 is 10.0 Å². The smallest absolute Gasteiger partial charge is 0.209 e. The van der Waals surface area contributed by atoms with Crippen molar-refractivity contribution in [1.82, 2.24) is 0 Å². The molecule has 1 atom stereocenters. The predicted molar refractivity (Wildman–Crippen MR) is 43.6 cm³/mol. The summed E-state index contributed by atoms with van der Waals surface area (Å²) in [4.78, 5) is 0. The molecule has 5 heteroatoms. The van der Waals surface area contributed by atoms with E-state index in [0.717, 1.165) is 0 Å². The van der Waals surface area contributed by atoms with Gasteiger partial charge in [0, 0.05) is 6.61 Å². The molecule has 4 nitrogen and oxygen atoms in total. The third kappa shape index (κ3) is 7.77. The molecule has 1 unspecified atom stereocenters. The van der Waals surface area contributed by atoms with E-state index in [1.165, 1.54) is 0 Å². The van der Waals surface area contributed by atoms with Gasteiger partial charge in [0.1, 0.15) is 0 Å². The average molecular weight is 181 g/mol. The number of rotatable bonds is 5. The number of ether oxygens (including phenoxy) is 1. The molecule has 0 aliphatic carbocycles. The van der Waals surface area contributed by atoms with Gasteiger partial charge < -0.3 is 4.74 Å². The third-order valence-electron chi connectivity index (χ3n) is 1.12. The summed E-state index contributed by atoms with van der Waals surface area (Å²) in [6, 6.07) is 0. The molecule has 0 fully saturated rings. The Bertz CT molecular complexity index is 188. The minimum absolute atomic E-state index is 0.00694. The highest BCUT2D eigenvalue weighted by Crippen LogP contribution is 1.98. The lowest BCUT2D eigenvalue weighted by Crippen LogP contribution is -2.24. The Morgan fingerprint density at radius 3 is 2.45 bits per heavy atom. The van der Waals surface area contributed by atoms with Gasteiger partial charge in [0.05, 0.1) is 12.4 Å². The van der Waals surface area contributed by atoms with Gasteiger partial charge in [-0.25, -0.2) is 13.6 Å². The van der Waals surface area contributed by atoms with E-state index in [4.69, 9.17) is 9.88 Å². The van der Waals surface area contributed by atoms with Gasteiger partial charge in [-0.05, 0) is 12.8 Å². The van der Waals surface area contributed by atoms with Crippen LogP contribution < -0.4 is 5.14 Å². The van der Waals surface area contributed by atoms with Gasteiger partial charge in [0.25, 0.3) is 0 Å². The van der Waals surface area contributed by atoms with Gasteiger partial charge in [-0.3, -0.25) is 0 Å². The summed E-state index contributed by atoms with van der Waals surface area (Å²) in [7, 11) is -3.33. The van der Waals surface area contributed by atoms with Crippen LogP contribution in [0.1, 0.15) is 13.8 Å². The van der Waals surface area contributed by atoms with Gasteiger partial charge in [0.15, 0.2) is 0 Å². The van der Waals surface area contributed by atoms with E-state index in [-0.39, 0.29) is 11.7 Å². The van der Waals surface area contributed by atoms with Crippen LogP contribution in [0.2, 0.25) is 0 Å². The van der Waals surface area contributed by atoms with Crippen LogP contribution in [0.3, 0.4) is 0 Å². The largest absolute Gasteiger partial charge is 0.381 e. The summed E-state index contributed by atoms with van der Waals surface area (Å²) >= 11 is 0. The first-order chi connectivity index (χ1) is 4.95. The van der Waals surface area contributed by atoms with Gasteiger partial charge in [-0.1, -0.05) is 6.92 Å². The van der Waals surface area contributed by atoms with E-state index in [2.05, 4.69) is 0 Å². The molecule has 0 aromatic heterocycles. The maximum atomic E-state index is 10.5. The van der Waals surface area contributed by atoms with Crippen LogP contribution in [0, 0.1) is 5.92 Å². The van der Waals surface area contributed by atoms with Crippen LogP contribution >= 0.6 is 0 Å². The molecule has 0 spiro atoms. The molecular formula is C6H15NO3S. The van der Waals surface area contributed by atoms with Crippen LogP contribution in [0.4, 0.5) is 0 Å². The van der Waals surface area contributed by atoms with Crippen molar-refractivity contribution in [2.45, 2.75) is 13.8 Å². The molecule has 68 valence electrons. The maximum Gasteiger partial charge on any atom is 0.209 e. The fourth-order valence-electron chi connectivity index (χ4n) is 0.764. The van der Waals surface area contributed by atoms with Crippen molar-refractivity contribution in [3.8, 4) is 0 Å². The van der Waals surface area contributed by atoms with Gasteiger partial charge in [-0.15, -0.1) is 0 Å². The van der Waals surface area contributed by atoms with Crippen LogP contribution in [-0.2, 0) is 14.8 Å². The van der Waals surface area contributed by atoms with Crippen LogP contribution in [0.15, 0.2) is 0 Å². The summed E-state index contributed by atoms with van der Waals surface area (Å²) < 4.78 is 26.1. The fraction of sp³-hybridized carbons (Fsp3) is 1.00. The van der Waals surface area contributed by atoms with E-state index in [9.17, 15) is 8.42 Å². The minimum Gasteiger partial charge on any atom is -0.381 e. The highest BCUT2D eigenvalue weighted by atomic mass is 32.2. The Hall–Kier alpha value is -0.130. The summed E-state index contributed by atoms with van der Waals surface area (Å²) in [5, 5.41) is 4.82. The van der Waals surface area contributed by atoms with E-state index >= 15 is 0 Å². The van der Waals surface area contributed by atoms with Crippen LogP contribution in [0.25, 0.3) is 0 Å². The average Bonchev–Trinajstić information content (AvgIpc) is 1.79. The lowest BCUT2D eigenvalue weighted by atomic mass is 10.2. The van der Waals surface area contributed by atoms with Gasteiger partial charge in [0.2, 0.25) is 10.0 Å². The quantitative estimate of drug-likeness (QED) is 0.646. The van der Waals surface area contributed by atoms with Crippen LogP contribution in [-0.4, -0.2) is 27.4 Å². The van der Waals surface area contributed by atoms with Crippen molar-refractivity contribution in [2.75, 3.05) is 19.0 Å². The maximum absolute atomic E-state index is 10.5. The molecule has 0 aliphatic heterocycles. The molecule has 0 rings (SSSR count). The lowest BCUT2D eigenvalue weighted by Gasteiger charge is -2.08. The van der Waals surface area contributed by atoms with Crippen molar-refractivity contribution in [3.63, 3.8) is 0 Å². The molecular weight excluding hydrogens is 166 g/mol. The standard InChI is InChI=1S/C6H15NO3S/c1-3-10-4-6(2)5-11(7,8)9/h6H,3-5H2,1-2H3,(H2,7,8,9). The molecule has 2 N–H and O–H groups in total. The van der Waals surface area contributed by atoms with Gasteiger partial charge >= 0.3 is 0 Å². The predicted octanol–water partition coefficient (Wildman–Crippen LogP) is -0.0525. The monoisotopic (exact) mass is 181 g/mol. The molecule has 0 saturated carbocycles. The summed E-state index contributed by atoms with van der Waals surface area (Å²) in [6.07, 6.45) is 0. The topological polar surface area (TPSA) is 69.4 Å². The zero-order valence-corrected chi connectivity index (χ0v) is 7.73. The Kier molecular flexibility index (Phi) is 4.63. The molecule has 0 aliphatic rings. The first kappa shape index (κ1) is 10.9. The Balaban J connectivity index is 3.61. The van der Waals surface area contributed by atoms with Crippen molar-refractivity contribution in [1.29, 1.82) is 0 Å². The molecule has 11 heavy (non-hydrogen) atoms. The molecule has 0 aromatic rings. The van der Waals surface area contributed by atoms with Crippen molar-refractivity contribution in [2.24, 2.45) is 11.1 Å². The second-order valence-corrected chi connectivity index (χ2v) is 4.25. The molecule has 0 bridgehead atoms. The number of hydrogen-bond donors (Lipinski definition) is 1. The first-order valence-corrected chi connectivity index (χ1v) is 5.25. The molecule has 0 aromatic carbocycles. The Labute approximate surface area is 67.8 Å². The summed E-state index contributed by atoms with van der Waals surface area (Å²) in [6.45, 7) is 4.71. The van der Waals surface area contributed by atoms with Crippen LogP contribution in [0.5, 0.6) is 0 Å². The molecule has 0 heterocycles. The van der Waals surface area contributed by atoms with Gasteiger partial charge in [-0.2, -0.15) is 0 Å². The van der Waals surface area contributed by atoms with Crippen molar-refractivity contribution in [3.05, 3.63) is 0 Å². The van der Waals surface area contributed by atoms with E-state index in [1.807, 2.05) is 6.92 Å². The zero-order valence-electron chi connectivity index (χ0n) is 6.91. The highest BCUT2D eigenvalue weighted by molar-refractivity contribution is 7.89. The molecule has 0 amide bonds. The zero-order chi connectivity index (χ0) is 8.91. The first-order valence-electron chi connectivity index (χ1n) is 3.54. The second-order valence-electron chi connectivity index (χ2n) is 2.59. The fourth-order valence-corrected chi connectivity index (χ4v) is 1.65. The Morgan fingerprint density at radius 2 is 2.09 bits per heavy atom. The number of hydrogen-bond acceptors (Lipinski definition) is 3. The number of primary sulfonamides is 1. The lowest BCUT2D eigenvalue weighted by molar-refractivity contribution is 0.122. The van der Waals surface area contributed by atoms with E-state index in [1.54, 1.807) is 6.92 Å².